The van der Waals surface area contributed by atoms with Gasteiger partial charge >= 0.3 is 0 Å². The van der Waals surface area contributed by atoms with Crippen LogP contribution in [0.1, 0.15) is 22.3 Å². The first-order chi connectivity index (χ1) is 14.0. The number of halogens is 2. The van der Waals surface area contributed by atoms with E-state index in [9.17, 15) is 14.4 Å². The van der Waals surface area contributed by atoms with E-state index in [0.717, 1.165) is 22.3 Å². The van der Waals surface area contributed by atoms with Crippen LogP contribution in [0.25, 0.3) is 6.08 Å². The van der Waals surface area contributed by atoms with Gasteiger partial charge in [0.2, 0.25) is 0 Å². The Balaban J connectivity index is 1.74. The number of nitriles is 1. The predicted molar refractivity (Wildman–Crippen MR) is 114 cm³/mol. The van der Waals surface area contributed by atoms with Crippen molar-refractivity contribution in [2.24, 2.45) is 0 Å². The zero-order valence-electron chi connectivity index (χ0n) is 15.7. The van der Waals surface area contributed by atoms with Gasteiger partial charge in [-0.1, -0.05) is 54.1 Å². The molecule has 144 valence electrons. The number of nitrogens with zero attached hydrogens (tertiary/aromatic N) is 1. The fourth-order valence-electron chi connectivity index (χ4n) is 2.86. The molecule has 0 saturated carbocycles. The van der Waals surface area contributed by atoms with E-state index in [0.29, 0.717) is 17.1 Å². The number of benzene rings is 3. The highest BCUT2D eigenvalue weighted by Crippen LogP contribution is 2.23. The number of amides is 1. The van der Waals surface area contributed by atoms with Gasteiger partial charge in [-0.05, 0) is 65.9 Å². The van der Waals surface area contributed by atoms with Crippen molar-refractivity contribution in [1.82, 2.24) is 0 Å². The highest BCUT2D eigenvalue weighted by molar-refractivity contribution is 6.31. The molecule has 0 aliphatic rings. The van der Waals surface area contributed by atoms with E-state index in [4.69, 9.17) is 11.6 Å². The molecule has 0 bridgehead atoms. The van der Waals surface area contributed by atoms with Gasteiger partial charge in [0.25, 0.3) is 5.91 Å². The Kier molecular flexibility index (Phi) is 6.43. The van der Waals surface area contributed by atoms with Gasteiger partial charge in [-0.25, -0.2) is 4.39 Å². The van der Waals surface area contributed by atoms with Crippen molar-refractivity contribution in [2.45, 2.75) is 13.3 Å². The Morgan fingerprint density at radius 3 is 2.52 bits per heavy atom. The fraction of sp³-hybridized carbons (Fsp3) is 0.0833. The number of carbonyl (C=O) groups excluding carboxylic acids is 1. The molecule has 3 rings (SSSR count). The molecule has 0 fully saturated rings. The van der Waals surface area contributed by atoms with Crippen LogP contribution in [0.15, 0.2) is 72.3 Å². The van der Waals surface area contributed by atoms with Gasteiger partial charge in [0.1, 0.15) is 17.5 Å². The van der Waals surface area contributed by atoms with Crippen molar-refractivity contribution in [3.8, 4) is 6.07 Å². The van der Waals surface area contributed by atoms with E-state index in [1.807, 2.05) is 36.4 Å². The van der Waals surface area contributed by atoms with Crippen LogP contribution in [0.2, 0.25) is 5.02 Å². The van der Waals surface area contributed by atoms with Crippen LogP contribution in [0.5, 0.6) is 0 Å². The second kappa shape index (κ2) is 9.18. The van der Waals surface area contributed by atoms with Crippen molar-refractivity contribution in [2.75, 3.05) is 5.32 Å². The minimum atomic E-state index is -0.498. The minimum Gasteiger partial charge on any atom is -0.321 e. The van der Waals surface area contributed by atoms with E-state index in [-0.39, 0.29) is 11.4 Å². The SMILES string of the molecule is Cc1c(Cl)cccc1NC(=O)/C(C#N)=C/c1ccc(Cc2cccc(F)c2)cc1. The summed E-state index contributed by atoms with van der Waals surface area (Å²) in [6.07, 6.45) is 2.13. The van der Waals surface area contributed by atoms with Gasteiger partial charge in [-0.2, -0.15) is 5.26 Å². The van der Waals surface area contributed by atoms with Crippen molar-refractivity contribution in [3.05, 3.63) is 105 Å². The highest BCUT2D eigenvalue weighted by Gasteiger charge is 2.12. The van der Waals surface area contributed by atoms with Gasteiger partial charge in [-0.3, -0.25) is 4.79 Å². The third-order valence-electron chi connectivity index (χ3n) is 4.47. The summed E-state index contributed by atoms with van der Waals surface area (Å²) in [6, 6.07) is 21.0. The van der Waals surface area contributed by atoms with E-state index in [1.54, 1.807) is 31.2 Å². The first kappa shape index (κ1) is 20.3. The molecule has 3 nitrogen and oxygen atoms in total. The summed E-state index contributed by atoms with van der Waals surface area (Å²) in [4.78, 5) is 12.5. The molecular weight excluding hydrogens is 387 g/mol. The number of nitrogens with one attached hydrogen (secondary N) is 1. The normalized spacial score (nSPS) is 11.0. The summed E-state index contributed by atoms with van der Waals surface area (Å²) < 4.78 is 13.3. The molecule has 0 atom stereocenters. The van der Waals surface area contributed by atoms with E-state index < -0.39 is 5.91 Å². The maximum absolute atomic E-state index is 13.3. The molecule has 1 amide bonds. The van der Waals surface area contributed by atoms with Crippen LogP contribution >= 0.6 is 11.6 Å². The zero-order chi connectivity index (χ0) is 20.8. The third-order valence-corrected chi connectivity index (χ3v) is 4.88. The van der Waals surface area contributed by atoms with Crippen molar-refractivity contribution in [1.29, 1.82) is 5.26 Å². The highest BCUT2D eigenvalue weighted by atomic mass is 35.5. The second-order valence-electron chi connectivity index (χ2n) is 6.58. The lowest BCUT2D eigenvalue weighted by Gasteiger charge is -2.09. The van der Waals surface area contributed by atoms with E-state index in [1.165, 1.54) is 18.2 Å². The molecule has 0 aromatic heterocycles. The van der Waals surface area contributed by atoms with Gasteiger partial charge in [0.05, 0.1) is 0 Å². The summed E-state index contributed by atoms with van der Waals surface area (Å²) in [7, 11) is 0. The molecule has 0 unspecified atom stereocenters. The number of carbonyl (C=O) groups is 1. The lowest BCUT2D eigenvalue weighted by Crippen LogP contribution is -2.14. The number of hydrogen-bond acceptors (Lipinski definition) is 2. The molecule has 0 heterocycles. The number of anilines is 1. The van der Waals surface area contributed by atoms with E-state index in [2.05, 4.69) is 5.32 Å². The van der Waals surface area contributed by atoms with Gasteiger partial charge in [0, 0.05) is 10.7 Å². The van der Waals surface area contributed by atoms with Crippen molar-refractivity contribution in [3.63, 3.8) is 0 Å². The molecule has 0 spiro atoms. The minimum absolute atomic E-state index is 0.0118. The molecule has 5 heteroatoms. The van der Waals surface area contributed by atoms with Crippen LogP contribution in [0.4, 0.5) is 10.1 Å². The van der Waals surface area contributed by atoms with Crippen LogP contribution in [-0.2, 0) is 11.2 Å². The Labute approximate surface area is 174 Å². The Morgan fingerprint density at radius 2 is 1.83 bits per heavy atom. The van der Waals surface area contributed by atoms with Crippen LogP contribution in [-0.4, -0.2) is 5.91 Å². The molecular formula is C24H18ClFN2O. The number of rotatable bonds is 5. The lowest BCUT2D eigenvalue weighted by atomic mass is 10.0. The number of hydrogen-bond donors (Lipinski definition) is 1. The van der Waals surface area contributed by atoms with Crippen molar-refractivity contribution >= 4 is 29.3 Å². The molecule has 3 aromatic rings. The molecule has 0 saturated heterocycles. The molecule has 0 aliphatic carbocycles. The van der Waals surface area contributed by atoms with Crippen molar-refractivity contribution < 1.29 is 9.18 Å². The molecule has 29 heavy (non-hydrogen) atoms. The van der Waals surface area contributed by atoms with Gasteiger partial charge < -0.3 is 5.32 Å². The van der Waals surface area contributed by atoms with Gasteiger partial charge in [0.15, 0.2) is 0 Å². The summed E-state index contributed by atoms with van der Waals surface area (Å²) >= 11 is 6.07. The predicted octanol–water partition coefficient (Wildman–Crippen LogP) is 5.92. The summed E-state index contributed by atoms with van der Waals surface area (Å²) in [5.41, 5.74) is 3.90. The molecule has 3 aromatic carbocycles. The monoisotopic (exact) mass is 404 g/mol. The summed E-state index contributed by atoms with van der Waals surface area (Å²) in [6.45, 7) is 1.80. The van der Waals surface area contributed by atoms with Crippen LogP contribution < -0.4 is 5.32 Å². The summed E-state index contributed by atoms with van der Waals surface area (Å²) in [5, 5.41) is 12.7. The molecule has 1 N–H and O–H groups in total. The third kappa shape index (κ3) is 5.31. The van der Waals surface area contributed by atoms with E-state index >= 15 is 0 Å². The Hall–Kier alpha value is -3.42. The maximum Gasteiger partial charge on any atom is 0.266 e. The smallest absolute Gasteiger partial charge is 0.266 e. The standard InChI is InChI=1S/C24H18ClFN2O/c1-16-22(25)6-3-7-23(16)28-24(29)20(15-27)13-18-10-8-17(9-11-18)12-19-4-2-5-21(26)14-19/h2-11,13-14H,12H2,1H3,(H,28,29)/b20-13+. The Morgan fingerprint density at radius 1 is 1.10 bits per heavy atom. The largest absolute Gasteiger partial charge is 0.321 e. The second-order valence-corrected chi connectivity index (χ2v) is 6.99. The first-order valence-corrected chi connectivity index (χ1v) is 9.35. The lowest BCUT2D eigenvalue weighted by molar-refractivity contribution is -0.112. The first-order valence-electron chi connectivity index (χ1n) is 8.98. The average molecular weight is 405 g/mol. The fourth-order valence-corrected chi connectivity index (χ4v) is 3.04. The topological polar surface area (TPSA) is 52.9 Å². The van der Waals surface area contributed by atoms with Crippen LogP contribution in [0.3, 0.4) is 0 Å². The van der Waals surface area contributed by atoms with Gasteiger partial charge in [-0.15, -0.1) is 0 Å². The molecule has 0 aliphatic heterocycles. The summed E-state index contributed by atoms with van der Waals surface area (Å²) in [5.74, 6) is -0.761. The quantitative estimate of drug-likeness (QED) is 0.423. The Bertz CT molecular complexity index is 1110. The zero-order valence-corrected chi connectivity index (χ0v) is 16.5. The van der Waals surface area contributed by atoms with Crippen LogP contribution in [0, 0.1) is 24.1 Å². The maximum atomic E-state index is 13.3. The average Bonchev–Trinajstić information content (AvgIpc) is 2.71. The molecule has 0 radical (unpaired) electrons.